The normalized spacial score (nSPS) is 12.4. The Bertz CT molecular complexity index is 788. The van der Waals surface area contributed by atoms with Crippen LogP contribution in [0, 0.1) is 0 Å². The van der Waals surface area contributed by atoms with Crippen molar-refractivity contribution in [3.05, 3.63) is 65.2 Å². The van der Waals surface area contributed by atoms with Crippen molar-refractivity contribution in [1.82, 2.24) is 5.32 Å². The van der Waals surface area contributed by atoms with Crippen molar-refractivity contribution in [1.29, 1.82) is 0 Å². The molecule has 0 saturated carbocycles. The van der Waals surface area contributed by atoms with Crippen molar-refractivity contribution >= 4 is 17.5 Å². The molecule has 0 saturated heterocycles. The third-order valence-electron chi connectivity index (χ3n) is 3.51. The van der Waals surface area contributed by atoms with Crippen LogP contribution in [0.25, 0.3) is 0 Å². The van der Waals surface area contributed by atoms with E-state index < -0.39 is 23.7 Å². The lowest BCUT2D eigenvalue weighted by molar-refractivity contribution is -0.137. The number of carbonyl (C=O) groups is 2. The Balaban J connectivity index is 2.14. The summed E-state index contributed by atoms with van der Waals surface area (Å²) in [5, 5.41) is 5.22. The summed E-state index contributed by atoms with van der Waals surface area (Å²) in [5.74, 6) is -0.716. The van der Waals surface area contributed by atoms with Gasteiger partial charge in [-0.25, -0.2) is 0 Å². The lowest BCUT2D eigenvalue weighted by Gasteiger charge is -2.16. The largest absolute Gasteiger partial charge is 0.416 e. The first-order valence-corrected chi connectivity index (χ1v) is 7.52. The second-order valence-electron chi connectivity index (χ2n) is 5.58. The number of carbonyl (C=O) groups excluding carboxylic acids is 2. The molecule has 0 fully saturated rings. The Labute approximate surface area is 143 Å². The van der Waals surface area contributed by atoms with Crippen LogP contribution >= 0.6 is 0 Å². The number of benzene rings is 2. The molecule has 1 unspecified atom stereocenters. The van der Waals surface area contributed by atoms with Crippen LogP contribution in [-0.2, 0) is 11.0 Å². The van der Waals surface area contributed by atoms with Gasteiger partial charge in [-0.3, -0.25) is 9.59 Å². The summed E-state index contributed by atoms with van der Waals surface area (Å²) >= 11 is 0. The van der Waals surface area contributed by atoms with E-state index in [1.54, 1.807) is 25.1 Å². The number of amides is 2. The SMILES string of the molecule is CC(=O)Nc1cccc(C(=O)NC(C)c2cccc(C(F)(F)F)c2)c1. The maximum absolute atomic E-state index is 12.8. The predicted molar refractivity (Wildman–Crippen MR) is 88.1 cm³/mol. The van der Waals surface area contributed by atoms with Gasteiger partial charge in [0.25, 0.3) is 5.91 Å². The van der Waals surface area contributed by atoms with Crippen LogP contribution in [0.3, 0.4) is 0 Å². The fourth-order valence-corrected chi connectivity index (χ4v) is 2.29. The molecule has 2 amide bonds. The molecular weight excluding hydrogens is 333 g/mol. The minimum absolute atomic E-state index is 0.269. The number of rotatable bonds is 4. The van der Waals surface area contributed by atoms with Crippen LogP contribution in [0.4, 0.5) is 18.9 Å². The Morgan fingerprint density at radius 1 is 1.04 bits per heavy atom. The van der Waals surface area contributed by atoms with E-state index in [0.717, 1.165) is 12.1 Å². The van der Waals surface area contributed by atoms with Crippen molar-refractivity contribution < 1.29 is 22.8 Å². The van der Waals surface area contributed by atoms with Gasteiger partial charge < -0.3 is 10.6 Å². The minimum atomic E-state index is -4.44. The molecule has 0 heterocycles. The number of alkyl halides is 3. The molecule has 2 rings (SSSR count). The number of hydrogen-bond donors (Lipinski definition) is 2. The van der Waals surface area contributed by atoms with Gasteiger partial charge in [0.05, 0.1) is 11.6 Å². The van der Waals surface area contributed by atoms with Crippen LogP contribution in [0.1, 0.15) is 41.4 Å². The molecular formula is C18H17F3N2O2. The molecule has 0 aromatic heterocycles. The van der Waals surface area contributed by atoms with E-state index in [2.05, 4.69) is 10.6 Å². The van der Waals surface area contributed by atoms with Gasteiger partial charge in [0.1, 0.15) is 0 Å². The molecule has 0 bridgehead atoms. The molecule has 4 nitrogen and oxygen atoms in total. The lowest BCUT2D eigenvalue weighted by Crippen LogP contribution is -2.27. The Morgan fingerprint density at radius 3 is 2.36 bits per heavy atom. The second kappa shape index (κ2) is 7.38. The molecule has 1 atom stereocenters. The highest BCUT2D eigenvalue weighted by Gasteiger charge is 2.30. The average Bonchev–Trinajstić information content (AvgIpc) is 2.53. The summed E-state index contributed by atoms with van der Waals surface area (Å²) in [6.07, 6.45) is -4.44. The van der Waals surface area contributed by atoms with E-state index in [0.29, 0.717) is 16.8 Å². The first-order valence-electron chi connectivity index (χ1n) is 7.52. The van der Waals surface area contributed by atoms with Gasteiger partial charge in [0, 0.05) is 18.2 Å². The highest BCUT2D eigenvalue weighted by Crippen LogP contribution is 2.30. The van der Waals surface area contributed by atoms with E-state index in [1.807, 2.05) is 0 Å². The number of nitrogens with one attached hydrogen (secondary N) is 2. The van der Waals surface area contributed by atoms with Crippen LogP contribution in [0.5, 0.6) is 0 Å². The summed E-state index contributed by atoms with van der Waals surface area (Å²) in [6, 6.07) is 10.5. The fraction of sp³-hybridized carbons (Fsp3) is 0.222. The molecule has 25 heavy (non-hydrogen) atoms. The Hall–Kier alpha value is -2.83. The topological polar surface area (TPSA) is 58.2 Å². The van der Waals surface area contributed by atoms with Gasteiger partial charge in [-0.2, -0.15) is 13.2 Å². The maximum Gasteiger partial charge on any atom is 0.416 e. The van der Waals surface area contributed by atoms with E-state index in [4.69, 9.17) is 0 Å². The monoisotopic (exact) mass is 350 g/mol. The molecule has 7 heteroatoms. The van der Waals surface area contributed by atoms with E-state index >= 15 is 0 Å². The summed E-state index contributed by atoms with van der Waals surface area (Å²) in [6.45, 7) is 2.95. The molecule has 0 aliphatic heterocycles. The van der Waals surface area contributed by atoms with E-state index in [1.165, 1.54) is 25.1 Å². The van der Waals surface area contributed by atoms with Gasteiger partial charge >= 0.3 is 6.18 Å². The third kappa shape index (κ3) is 5.07. The van der Waals surface area contributed by atoms with Gasteiger partial charge in [-0.1, -0.05) is 18.2 Å². The van der Waals surface area contributed by atoms with Crippen LogP contribution in [0.15, 0.2) is 48.5 Å². The highest BCUT2D eigenvalue weighted by atomic mass is 19.4. The lowest BCUT2D eigenvalue weighted by atomic mass is 10.0. The number of hydrogen-bond acceptors (Lipinski definition) is 2. The molecule has 2 aromatic rings. The Morgan fingerprint density at radius 2 is 1.72 bits per heavy atom. The standard InChI is InChI=1S/C18H17F3N2O2/c1-11(13-5-3-7-15(9-13)18(19,20)21)22-17(25)14-6-4-8-16(10-14)23-12(2)24/h3-11H,1-2H3,(H,22,25)(H,23,24). The number of halogens is 3. The van der Waals surface area contributed by atoms with Gasteiger partial charge in [0.15, 0.2) is 0 Å². The van der Waals surface area contributed by atoms with Gasteiger partial charge in [0.2, 0.25) is 5.91 Å². The van der Waals surface area contributed by atoms with Crippen molar-refractivity contribution in [2.24, 2.45) is 0 Å². The van der Waals surface area contributed by atoms with Crippen molar-refractivity contribution in [3.63, 3.8) is 0 Å². The van der Waals surface area contributed by atoms with Crippen molar-refractivity contribution in [2.45, 2.75) is 26.1 Å². The second-order valence-corrected chi connectivity index (χ2v) is 5.58. The summed E-state index contributed by atoms with van der Waals surface area (Å²) in [7, 11) is 0. The third-order valence-corrected chi connectivity index (χ3v) is 3.51. The van der Waals surface area contributed by atoms with Crippen LogP contribution < -0.4 is 10.6 Å². The maximum atomic E-state index is 12.8. The minimum Gasteiger partial charge on any atom is -0.346 e. The van der Waals surface area contributed by atoms with E-state index in [9.17, 15) is 22.8 Å². The molecule has 0 spiro atoms. The first-order chi connectivity index (χ1) is 11.7. The van der Waals surface area contributed by atoms with Crippen LogP contribution in [0.2, 0.25) is 0 Å². The van der Waals surface area contributed by atoms with Crippen molar-refractivity contribution in [3.8, 4) is 0 Å². The zero-order valence-corrected chi connectivity index (χ0v) is 13.6. The number of anilines is 1. The predicted octanol–water partition coefficient (Wildman–Crippen LogP) is 4.15. The van der Waals surface area contributed by atoms with Crippen molar-refractivity contribution in [2.75, 3.05) is 5.32 Å². The van der Waals surface area contributed by atoms with Gasteiger partial charge in [-0.15, -0.1) is 0 Å². The summed E-state index contributed by atoms with van der Waals surface area (Å²) in [5.41, 5.74) is 0.344. The van der Waals surface area contributed by atoms with Gasteiger partial charge in [-0.05, 0) is 42.8 Å². The Kier molecular flexibility index (Phi) is 5.46. The molecule has 0 radical (unpaired) electrons. The fourth-order valence-electron chi connectivity index (χ4n) is 2.29. The van der Waals surface area contributed by atoms with Crippen LogP contribution in [-0.4, -0.2) is 11.8 Å². The quantitative estimate of drug-likeness (QED) is 0.870. The zero-order chi connectivity index (χ0) is 18.6. The molecule has 0 aliphatic rings. The molecule has 2 N–H and O–H groups in total. The molecule has 132 valence electrons. The summed E-state index contributed by atoms with van der Waals surface area (Å²) in [4.78, 5) is 23.4. The zero-order valence-electron chi connectivity index (χ0n) is 13.6. The molecule has 0 aliphatic carbocycles. The summed E-state index contributed by atoms with van der Waals surface area (Å²) < 4.78 is 38.4. The van der Waals surface area contributed by atoms with E-state index in [-0.39, 0.29) is 5.91 Å². The molecule has 2 aromatic carbocycles. The first kappa shape index (κ1) is 18.5. The average molecular weight is 350 g/mol. The smallest absolute Gasteiger partial charge is 0.346 e. The highest BCUT2D eigenvalue weighted by molar-refractivity contribution is 5.97.